The molecule has 0 bridgehead atoms. The number of nitrogens with two attached hydrogens (primary N) is 1. The molecule has 0 saturated heterocycles. The Labute approximate surface area is 116 Å². The fourth-order valence-corrected chi connectivity index (χ4v) is 1.92. The van der Waals surface area contributed by atoms with Gasteiger partial charge >= 0.3 is 0 Å². The van der Waals surface area contributed by atoms with Crippen LogP contribution in [0.25, 0.3) is 0 Å². The zero-order valence-electron chi connectivity index (χ0n) is 11.2. The third kappa shape index (κ3) is 6.01. The lowest BCUT2D eigenvalue weighted by Crippen LogP contribution is -2.08. The molecule has 0 heterocycles. The lowest BCUT2D eigenvalue weighted by atomic mass is 10.1. The highest BCUT2D eigenvalue weighted by molar-refractivity contribution is 7.80. The molecule has 0 aliphatic rings. The molecular formula is C15H23NOS. The molecule has 1 rings (SSSR count). The average molecular weight is 265 g/mol. The van der Waals surface area contributed by atoms with Gasteiger partial charge in [0.1, 0.15) is 10.7 Å². The molecule has 0 atom stereocenters. The molecule has 0 spiro atoms. The zero-order valence-corrected chi connectivity index (χ0v) is 12.0. The minimum atomic E-state index is 0.428. The number of rotatable bonds is 9. The molecule has 1 aromatic carbocycles. The molecule has 3 heteroatoms. The van der Waals surface area contributed by atoms with E-state index >= 15 is 0 Å². The van der Waals surface area contributed by atoms with Gasteiger partial charge in [-0.15, -0.1) is 0 Å². The summed E-state index contributed by atoms with van der Waals surface area (Å²) < 4.78 is 5.66. The zero-order chi connectivity index (χ0) is 13.2. The molecule has 0 saturated carbocycles. The van der Waals surface area contributed by atoms with Crippen molar-refractivity contribution in [2.45, 2.75) is 45.4 Å². The SMILES string of the molecule is CCCCCCCCOc1ccc(C(N)=S)cc1. The smallest absolute Gasteiger partial charge is 0.119 e. The highest BCUT2D eigenvalue weighted by Gasteiger charge is 1.97. The third-order valence-electron chi connectivity index (χ3n) is 2.91. The first-order chi connectivity index (χ1) is 8.74. The van der Waals surface area contributed by atoms with E-state index in [2.05, 4.69) is 6.92 Å². The Morgan fingerprint density at radius 3 is 2.28 bits per heavy atom. The second-order valence-corrected chi connectivity index (χ2v) is 4.94. The van der Waals surface area contributed by atoms with Crippen LogP contribution in [-0.4, -0.2) is 11.6 Å². The van der Waals surface area contributed by atoms with E-state index in [0.29, 0.717) is 4.99 Å². The predicted molar refractivity (Wildman–Crippen MR) is 81.2 cm³/mol. The summed E-state index contributed by atoms with van der Waals surface area (Å²) in [5.41, 5.74) is 6.42. The molecule has 0 aromatic heterocycles. The minimum Gasteiger partial charge on any atom is -0.494 e. The van der Waals surface area contributed by atoms with Gasteiger partial charge in [-0.2, -0.15) is 0 Å². The molecule has 2 nitrogen and oxygen atoms in total. The fourth-order valence-electron chi connectivity index (χ4n) is 1.79. The predicted octanol–water partition coefficient (Wildman–Crippen LogP) is 4.06. The molecule has 0 amide bonds. The van der Waals surface area contributed by atoms with Crippen LogP contribution in [-0.2, 0) is 0 Å². The van der Waals surface area contributed by atoms with Crippen LogP contribution in [0, 0.1) is 0 Å². The number of thiocarbonyl (C=S) groups is 1. The molecule has 1 aromatic rings. The van der Waals surface area contributed by atoms with Gasteiger partial charge in [-0.05, 0) is 30.7 Å². The van der Waals surface area contributed by atoms with Crippen molar-refractivity contribution in [2.75, 3.05) is 6.61 Å². The van der Waals surface area contributed by atoms with Crippen molar-refractivity contribution < 1.29 is 4.74 Å². The van der Waals surface area contributed by atoms with Gasteiger partial charge in [-0.3, -0.25) is 0 Å². The van der Waals surface area contributed by atoms with E-state index in [1.54, 1.807) is 0 Å². The van der Waals surface area contributed by atoms with Crippen molar-refractivity contribution in [2.24, 2.45) is 5.73 Å². The van der Waals surface area contributed by atoms with Gasteiger partial charge in [-0.25, -0.2) is 0 Å². The molecule has 0 aliphatic heterocycles. The molecule has 2 N–H and O–H groups in total. The fraction of sp³-hybridized carbons (Fsp3) is 0.533. The summed E-state index contributed by atoms with van der Waals surface area (Å²) in [6.07, 6.45) is 7.69. The van der Waals surface area contributed by atoms with Crippen molar-refractivity contribution in [3.63, 3.8) is 0 Å². The quantitative estimate of drug-likeness (QED) is 0.540. The number of unbranched alkanes of at least 4 members (excludes halogenated alkanes) is 5. The van der Waals surface area contributed by atoms with Gasteiger partial charge < -0.3 is 10.5 Å². The number of hydrogen-bond donors (Lipinski definition) is 1. The molecule has 0 radical (unpaired) electrons. The number of hydrogen-bond acceptors (Lipinski definition) is 2. The van der Waals surface area contributed by atoms with Gasteiger partial charge in [0, 0.05) is 5.56 Å². The number of benzene rings is 1. The van der Waals surface area contributed by atoms with Gasteiger partial charge in [0.15, 0.2) is 0 Å². The first kappa shape index (κ1) is 15.0. The van der Waals surface area contributed by atoms with Crippen LogP contribution in [0.1, 0.15) is 51.0 Å². The largest absolute Gasteiger partial charge is 0.494 e. The first-order valence-electron chi connectivity index (χ1n) is 6.76. The Hall–Kier alpha value is -1.09. The molecular weight excluding hydrogens is 242 g/mol. The van der Waals surface area contributed by atoms with Crippen molar-refractivity contribution in [3.05, 3.63) is 29.8 Å². The van der Waals surface area contributed by atoms with Crippen LogP contribution >= 0.6 is 12.2 Å². The van der Waals surface area contributed by atoms with E-state index < -0.39 is 0 Å². The van der Waals surface area contributed by atoms with Gasteiger partial charge in [0.05, 0.1) is 6.61 Å². The van der Waals surface area contributed by atoms with E-state index in [1.807, 2.05) is 24.3 Å². The lowest BCUT2D eigenvalue weighted by molar-refractivity contribution is 0.304. The lowest BCUT2D eigenvalue weighted by Gasteiger charge is -2.06. The maximum absolute atomic E-state index is 5.66. The van der Waals surface area contributed by atoms with E-state index in [1.165, 1.54) is 32.1 Å². The van der Waals surface area contributed by atoms with Gasteiger partial charge in [-0.1, -0.05) is 51.2 Å². The Balaban J connectivity index is 2.14. The van der Waals surface area contributed by atoms with Crippen LogP contribution in [0.3, 0.4) is 0 Å². The standard InChI is InChI=1S/C15H23NOS/c1-2-3-4-5-6-7-12-17-14-10-8-13(9-11-14)15(16)18/h8-11H,2-7,12H2,1H3,(H2,16,18). The summed E-state index contributed by atoms with van der Waals surface area (Å²) >= 11 is 4.90. The van der Waals surface area contributed by atoms with Crippen molar-refractivity contribution in [3.8, 4) is 5.75 Å². The van der Waals surface area contributed by atoms with E-state index in [-0.39, 0.29) is 0 Å². The topological polar surface area (TPSA) is 35.2 Å². The van der Waals surface area contributed by atoms with Crippen molar-refractivity contribution >= 4 is 17.2 Å². The number of ether oxygens (including phenoxy) is 1. The Morgan fingerprint density at radius 1 is 1.06 bits per heavy atom. The van der Waals surface area contributed by atoms with Crippen LogP contribution < -0.4 is 10.5 Å². The first-order valence-corrected chi connectivity index (χ1v) is 7.17. The monoisotopic (exact) mass is 265 g/mol. The molecule has 0 aliphatic carbocycles. The summed E-state index contributed by atoms with van der Waals surface area (Å²) in [6, 6.07) is 7.65. The summed E-state index contributed by atoms with van der Waals surface area (Å²) in [5.74, 6) is 0.892. The molecule has 18 heavy (non-hydrogen) atoms. The minimum absolute atomic E-state index is 0.428. The highest BCUT2D eigenvalue weighted by atomic mass is 32.1. The van der Waals surface area contributed by atoms with Crippen LogP contribution in [0.2, 0.25) is 0 Å². The Bertz CT molecular complexity index is 348. The maximum Gasteiger partial charge on any atom is 0.119 e. The van der Waals surface area contributed by atoms with Crippen LogP contribution in [0.4, 0.5) is 0 Å². The summed E-state index contributed by atoms with van der Waals surface area (Å²) in [6.45, 7) is 3.03. The Morgan fingerprint density at radius 2 is 1.67 bits per heavy atom. The van der Waals surface area contributed by atoms with E-state index in [9.17, 15) is 0 Å². The summed E-state index contributed by atoms with van der Waals surface area (Å²) in [4.78, 5) is 0.428. The van der Waals surface area contributed by atoms with E-state index in [4.69, 9.17) is 22.7 Å². The van der Waals surface area contributed by atoms with Crippen molar-refractivity contribution in [1.29, 1.82) is 0 Å². The van der Waals surface area contributed by atoms with Gasteiger partial charge in [0.25, 0.3) is 0 Å². The van der Waals surface area contributed by atoms with E-state index in [0.717, 1.165) is 24.3 Å². The average Bonchev–Trinajstić information content (AvgIpc) is 2.38. The molecule has 0 unspecified atom stereocenters. The maximum atomic E-state index is 5.66. The molecule has 100 valence electrons. The second-order valence-electron chi connectivity index (χ2n) is 4.50. The molecule has 0 fully saturated rings. The third-order valence-corrected chi connectivity index (χ3v) is 3.14. The van der Waals surface area contributed by atoms with Gasteiger partial charge in [0.2, 0.25) is 0 Å². The summed E-state index contributed by atoms with van der Waals surface area (Å²) in [7, 11) is 0. The van der Waals surface area contributed by atoms with Crippen LogP contribution in [0.5, 0.6) is 5.75 Å². The normalized spacial score (nSPS) is 10.3. The van der Waals surface area contributed by atoms with Crippen molar-refractivity contribution in [1.82, 2.24) is 0 Å². The Kier molecular flexibility index (Phi) is 7.42. The second kappa shape index (κ2) is 8.92. The van der Waals surface area contributed by atoms with Crippen LogP contribution in [0.15, 0.2) is 24.3 Å². The summed E-state index contributed by atoms with van der Waals surface area (Å²) in [5, 5.41) is 0. The highest BCUT2D eigenvalue weighted by Crippen LogP contribution is 2.13.